The third-order valence-corrected chi connectivity index (χ3v) is 4.96. The molecule has 2 rings (SSSR count). The lowest BCUT2D eigenvalue weighted by atomic mass is 9.78. The number of rotatable bonds is 6. The molecule has 1 aliphatic rings. The first-order valence-corrected chi connectivity index (χ1v) is 8.57. The van der Waals surface area contributed by atoms with E-state index in [1.165, 1.54) is 36.4 Å². The highest BCUT2D eigenvalue weighted by Crippen LogP contribution is 2.32. The maximum absolute atomic E-state index is 4.85. The largest absolute Gasteiger partial charge is 0.313 e. The molecule has 1 aromatic rings. The third kappa shape index (κ3) is 4.03. The maximum Gasteiger partial charge on any atom is 0.0944 e. The van der Waals surface area contributed by atoms with E-state index in [0.29, 0.717) is 6.04 Å². The Bertz CT molecular complexity index is 388. The molecule has 0 bridgehead atoms. The highest BCUT2D eigenvalue weighted by Gasteiger charge is 2.28. The smallest absolute Gasteiger partial charge is 0.0944 e. The molecule has 1 fully saturated rings. The fraction of sp³-hybridized carbons (Fsp3) is 0.812. The summed E-state index contributed by atoms with van der Waals surface area (Å²) in [6.45, 7) is 10.1. The fourth-order valence-electron chi connectivity index (χ4n) is 2.51. The molecular formula is C16H28N2S. The van der Waals surface area contributed by atoms with E-state index in [9.17, 15) is 0 Å². The average Bonchev–Trinajstić information content (AvgIpc) is 2.71. The minimum atomic E-state index is 0.178. The van der Waals surface area contributed by atoms with Crippen LogP contribution >= 0.6 is 11.3 Å². The van der Waals surface area contributed by atoms with Crippen molar-refractivity contribution in [1.82, 2.24) is 10.3 Å². The minimum absolute atomic E-state index is 0.178. The Labute approximate surface area is 122 Å². The monoisotopic (exact) mass is 280 g/mol. The van der Waals surface area contributed by atoms with E-state index in [0.717, 1.165) is 18.9 Å². The lowest BCUT2D eigenvalue weighted by Gasteiger charge is -2.34. The Morgan fingerprint density at radius 3 is 2.63 bits per heavy atom. The van der Waals surface area contributed by atoms with Gasteiger partial charge in [-0.25, -0.2) is 4.98 Å². The van der Waals surface area contributed by atoms with E-state index < -0.39 is 0 Å². The number of nitrogens with one attached hydrogen (secondary N) is 1. The van der Waals surface area contributed by atoms with Gasteiger partial charge in [0.1, 0.15) is 0 Å². The van der Waals surface area contributed by atoms with Crippen molar-refractivity contribution in [2.45, 2.75) is 71.3 Å². The number of hydrogen-bond donors (Lipinski definition) is 1. The summed E-state index contributed by atoms with van der Waals surface area (Å²) in [4.78, 5) is 4.85. The van der Waals surface area contributed by atoms with Gasteiger partial charge in [0.05, 0.1) is 10.7 Å². The van der Waals surface area contributed by atoms with Crippen molar-refractivity contribution >= 4 is 11.3 Å². The second kappa shape index (κ2) is 6.36. The van der Waals surface area contributed by atoms with Gasteiger partial charge in [0.25, 0.3) is 0 Å². The Kier molecular flexibility index (Phi) is 5.02. The molecule has 0 aromatic carbocycles. The molecule has 1 aromatic heterocycles. The van der Waals surface area contributed by atoms with Crippen molar-refractivity contribution in [3.8, 4) is 0 Å². The second-order valence-corrected chi connectivity index (χ2v) is 7.77. The summed E-state index contributed by atoms with van der Waals surface area (Å²) in [5.74, 6) is 0.883. The SMILES string of the molecule is CCCNC(Cc1nc(C(C)(C)C)cs1)C1CCC1. The molecule has 1 N–H and O–H groups in total. The Morgan fingerprint density at radius 1 is 1.42 bits per heavy atom. The molecule has 1 heterocycles. The van der Waals surface area contributed by atoms with Crippen molar-refractivity contribution in [2.75, 3.05) is 6.54 Å². The average molecular weight is 280 g/mol. The Balaban J connectivity index is 1.97. The zero-order valence-electron chi connectivity index (χ0n) is 12.8. The van der Waals surface area contributed by atoms with Gasteiger partial charge >= 0.3 is 0 Å². The van der Waals surface area contributed by atoms with Crippen molar-refractivity contribution in [1.29, 1.82) is 0 Å². The van der Waals surface area contributed by atoms with Gasteiger partial charge in [-0.3, -0.25) is 0 Å². The van der Waals surface area contributed by atoms with E-state index in [2.05, 4.69) is 38.4 Å². The van der Waals surface area contributed by atoms with Crippen molar-refractivity contribution in [3.63, 3.8) is 0 Å². The Hall–Kier alpha value is -0.410. The summed E-state index contributed by atoms with van der Waals surface area (Å²) in [5, 5.41) is 7.29. The minimum Gasteiger partial charge on any atom is -0.313 e. The maximum atomic E-state index is 4.85. The summed E-state index contributed by atoms with van der Waals surface area (Å²) < 4.78 is 0. The molecule has 0 saturated heterocycles. The van der Waals surface area contributed by atoms with Crippen LogP contribution in [0.2, 0.25) is 0 Å². The van der Waals surface area contributed by atoms with E-state index in [4.69, 9.17) is 4.98 Å². The second-order valence-electron chi connectivity index (χ2n) is 6.83. The quantitative estimate of drug-likeness (QED) is 0.846. The fourth-order valence-corrected chi connectivity index (χ4v) is 3.60. The molecular weight excluding hydrogens is 252 g/mol. The highest BCUT2D eigenvalue weighted by atomic mass is 32.1. The van der Waals surface area contributed by atoms with Gasteiger partial charge in [-0.15, -0.1) is 11.3 Å². The number of aromatic nitrogens is 1. The first-order valence-electron chi connectivity index (χ1n) is 7.69. The molecule has 19 heavy (non-hydrogen) atoms. The molecule has 0 spiro atoms. The van der Waals surface area contributed by atoms with Crippen molar-refractivity contribution in [2.24, 2.45) is 5.92 Å². The molecule has 0 radical (unpaired) electrons. The Morgan fingerprint density at radius 2 is 2.16 bits per heavy atom. The van der Waals surface area contributed by atoms with E-state index in [-0.39, 0.29) is 5.41 Å². The van der Waals surface area contributed by atoms with Crippen LogP contribution in [-0.4, -0.2) is 17.6 Å². The summed E-state index contributed by atoms with van der Waals surface area (Å²) >= 11 is 1.84. The van der Waals surface area contributed by atoms with E-state index >= 15 is 0 Å². The van der Waals surface area contributed by atoms with Crippen LogP contribution in [0.4, 0.5) is 0 Å². The first-order chi connectivity index (χ1) is 9.00. The summed E-state index contributed by atoms with van der Waals surface area (Å²) in [7, 11) is 0. The van der Waals surface area contributed by atoms with Crippen LogP contribution in [0.15, 0.2) is 5.38 Å². The van der Waals surface area contributed by atoms with Crippen LogP contribution < -0.4 is 5.32 Å². The number of thiazole rings is 1. The van der Waals surface area contributed by atoms with Gasteiger partial charge in [0, 0.05) is 23.3 Å². The third-order valence-electron chi connectivity index (χ3n) is 4.09. The van der Waals surface area contributed by atoms with Gasteiger partial charge in [-0.1, -0.05) is 34.1 Å². The van der Waals surface area contributed by atoms with Crippen molar-refractivity contribution < 1.29 is 0 Å². The highest BCUT2D eigenvalue weighted by molar-refractivity contribution is 7.09. The van der Waals surface area contributed by atoms with Crippen LogP contribution in [0.3, 0.4) is 0 Å². The molecule has 1 saturated carbocycles. The molecule has 1 atom stereocenters. The molecule has 0 aliphatic heterocycles. The normalized spacial score (nSPS) is 18.3. The number of nitrogens with zero attached hydrogens (tertiary/aromatic N) is 1. The van der Waals surface area contributed by atoms with Crippen molar-refractivity contribution in [3.05, 3.63) is 16.1 Å². The van der Waals surface area contributed by atoms with Crippen LogP contribution in [0, 0.1) is 5.92 Å². The molecule has 1 aliphatic carbocycles. The van der Waals surface area contributed by atoms with Gasteiger partial charge in [0.2, 0.25) is 0 Å². The van der Waals surface area contributed by atoms with Gasteiger partial charge in [-0.05, 0) is 31.7 Å². The summed E-state index contributed by atoms with van der Waals surface area (Å²) in [6, 6.07) is 0.646. The summed E-state index contributed by atoms with van der Waals surface area (Å²) in [5.41, 5.74) is 1.42. The van der Waals surface area contributed by atoms with Crippen LogP contribution in [-0.2, 0) is 11.8 Å². The first kappa shape index (κ1) is 15.0. The van der Waals surface area contributed by atoms with Gasteiger partial charge in [0.15, 0.2) is 0 Å². The zero-order valence-corrected chi connectivity index (χ0v) is 13.6. The van der Waals surface area contributed by atoms with E-state index in [1.807, 2.05) is 11.3 Å². The van der Waals surface area contributed by atoms with Gasteiger partial charge in [-0.2, -0.15) is 0 Å². The molecule has 0 amide bonds. The number of hydrogen-bond acceptors (Lipinski definition) is 3. The topological polar surface area (TPSA) is 24.9 Å². The predicted octanol–water partition coefficient (Wildman–Crippen LogP) is 4.15. The predicted molar refractivity (Wildman–Crippen MR) is 83.9 cm³/mol. The van der Waals surface area contributed by atoms with Crippen LogP contribution in [0.1, 0.15) is 64.1 Å². The lowest BCUT2D eigenvalue weighted by molar-refractivity contribution is 0.227. The summed E-state index contributed by atoms with van der Waals surface area (Å²) in [6.07, 6.45) is 6.55. The zero-order chi connectivity index (χ0) is 13.9. The molecule has 1 unspecified atom stereocenters. The van der Waals surface area contributed by atoms with Crippen LogP contribution in [0.25, 0.3) is 0 Å². The lowest BCUT2D eigenvalue weighted by Crippen LogP contribution is -2.41. The molecule has 108 valence electrons. The van der Waals surface area contributed by atoms with E-state index in [1.54, 1.807) is 0 Å². The van der Waals surface area contributed by atoms with Gasteiger partial charge < -0.3 is 5.32 Å². The standard InChI is InChI=1S/C16H28N2S/c1-5-9-17-13(12-7-6-8-12)10-15-18-14(11-19-15)16(2,3)4/h11-13,17H,5-10H2,1-4H3. The molecule has 2 nitrogen and oxygen atoms in total. The van der Waals surface area contributed by atoms with Crippen LogP contribution in [0.5, 0.6) is 0 Å². The molecule has 3 heteroatoms.